The second kappa shape index (κ2) is 5.10. The Labute approximate surface area is 247 Å². The molecule has 0 aromatic carbocycles. The fraction of sp³-hybridized carbons (Fsp3) is 0.571. The third-order valence-corrected chi connectivity index (χ3v) is 19.3. The number of hydrogen-bond acceptors (Lipinski definition) is 0. The molecule has 204 valence electrons. The van der Waals surface area contributed by atoms with Gasteiger partial charge >= 0.3 is 0 Å². The molecule has 16 aliphatic carbocycles. The zero-order chi connectivity index (χ0) is 26.2. The van der Waals surface area contributed by atoms with Crippen LogP contribution in [0, 0.1) is 117 Å². The van der Waals surface area contributed by atoms with Crippen molar-refractivity contribution < 1.29 is 0 Å². The van der Waals surface area contributed by atoms with E-state index in [0.717, 1.165) is 107 Å². The second-order valence-electron chi connectivity index (χ2n) is 18.6. The Kier molecular flexibility index (Phi) is 2.41. The van der Waals surface area contributed by atoms with Crippen LogP contribution in [0.3, 0.4) is 0 Å². The lowest BCUT2D eigenvalue weighted by molar-refractivity contribution is -0.0181. The molecule has 0 nitrogen and oxygen atoms in total. The van der Waals surface area contributed by atoms with Gasteiger partial charge in [-0.05, 0) is 147 Å². The van der Waals surface area contributed by atoms with Crippen molar-refractivity contribution in [2.45, 2.75) is 26.7 Å². The predicted octanol–water partition coefficient (Wildman–Crippen LogP) is 7.80. The van der Waals surface area contributed by atoms with E-state index in [2.05, 4.69) is 73.6 Å². The zero-order valence-electron chi connectivity index (χ0n) is 24.4. The fourth-order valence-electron chi connectivity index (χ4n) is 19.1. The molecule has 20 atom stereocenters. The van der Waals surface area contributed by atoms with E-state index < -0.39 is 0 Å². The van der Waals surface area contributed by atoms with Crippen LogP contribution < -0.4 is 0 Å². The average molecular weight is 541 g/mol. The summed E-state index contributed by atoms with van der Waals surface area (Å²) < 4.78 is 0. The third-order valence-electron chi connectivity index (χ3n) is 19.3. The maximum Gasteiger partial charge on any atom is 0.00246 e. The van der Waals surface area contributed by atoms with E-state index in [1.807, 2.05) is 44.6 Å². The van der Waals surface area contributed by atoms with Crippen molar-refractivity contribution in [2.75, 3.05) is 0 Å². The summed E-state index contributed by atoms with van der Waals surface area (Å²) in [6, 6.07) is 0. The molecule has 0 aromatic heterocycles. The molecular formula is C42H36. The molecular weight excluding hydrogens is 504 g/mol. The van der Waals surface area contributed by atoms with Gasteiger partial charge in [0.25, 0.3) is 0 Å². The summed E-state index contributed by atoms with van der Waals surface area (Å²) >= 11 is 0. The Bertz CT molecular complexity index is 1850. The van der Waals surface area contributed by atoms with Crippen LogP contribution in [0.5, 0.6) is 0 Å². The molecule has 0 aliphatic heterocycles. The highest BCUT2D eigenvalue weighted by molar-refractivity contribution is 5.91. The molecule has 16 rings (SSSR count). The van der Waals surface area contributed by atoms with Gasteiger partial charge in [0.2, 0.25) is 0 Å². The molecule has 0 radical (unpaired) electrons. The molecule has 0 aromatic rings. The summed E-state index contributed by atoms with van der Waals surface area (Å²) in [5, 5.41) is 0. The van der Waals surface area contributed by atoms with E-state index in [0.29, 0.717) is 10.8 Å². The summed E-state index contributed by atoms with van der Waals surface area (Å²) in [6.07, 6.45) is 25.6. The summed E-state index contributed by atoms with van der Waals surface area (Å²) in [7, 11) is 0. The molecule has 0 saturated heterocycles. The lowest BCUT2D eigenvalue weighted by Crippen LogP contribution is -2.52. The number of hydrogen-bond donors (Lipinski definition) is 0. The van der Waals surface area contributed by atoms with Gasteiger partial charge in [0.15, 0.2) is 0 Å². The maximum absolute atomic E-state index is 2.88. The Hall–Kier alpha value is -2.34. The van der Waals surface area contributed by atoms with E-state index in [1.165, 1.54) is 12.8 Å². The molecule has 0 amide bonds. The summed E-state index contributed by atoms with van der Waals surface area (Å²) in [4.78, 5) is 0. The third kappa shape index (κ3) is 1.32. The maximum atomic E-state index is 2.88. The Morgan fingerprint density at radius 3 is 1.02 bits per heavy atom. The molecule has 0 spiro atoms. The lowest BCUT2D eigenvalue weighted by atomic mass is 9.44. The van der Waals surface area contributed by atoms with Gasteiger partial charge in [-0.1, -0.05) is 90.3 Å². The second-order valence-corrected chi connectivity index (χ2v) is 18.6. The quantitative estimate of drug-likeness (QED) is 0.275. The molecule has 42 heavy (non-hydrogen) atoms. The van der Waals surface area contributed by atoms with Crippen molar-refractivity contribution in [1.82, 2.24) is 0 Å². The largest absolute Gasteiger partial charge is 0.0842 e. The molecule has 0 bridgehead atoms. The number of allylic oxidation sites excluding steroid dienone is 18. The minimum absolute atomic E-state index is 0.351. The average Bonchev–Trinajstić information content (AvgIpc) is 3.79. The smallest absolute Gasteiger partial charge is 0.00246 e. The van der Waals surface area contributed by atoms with Crippen molar-refractivity contribution in [1.29, 1.82) is 0 Å². The first-order chi connectivity index (χ1) is 20.7. The van der Waals surface area contributed by atoms with Crippen LogP contribution in [0.2, 0.25) is 0 Å². The number of rotatable bonds is 0. The zero-order valence-corrected chi connectivity index (χ0v) is 24.4. The monoisotopic (exact) mass is 540 g/mol. The van der Waals surface area contributed by atoms with E-state index in [1.54, 1.807) is 0 Å². The van der Waals surface area contributed by atoms with Crippen LogP contribution in [0.4, 0.5) is 0 Å². The molecule has 20 unspecified atom stereocenters. The Balaban J connectivity index is 1.20. The number of fused-ring (bicyclic) bond motifs is 5. The van der Waals surface area contributed by atoms with Crippen molar-refractivity contribution in [2.24, 2.45) is 117 Å². The summed E-state index contributed by atoms with van der Waals surface area (Å²) in [5.41, 5.74) is 20.6. The van der Waals surface area contributed by atoms with E-state index in [9.17, 15) is 0 Å². The van der Waals surface area contributed by atoms with Gasteiger partial charge in [0, 0.05) is 10.8 Å². The van der Waals surface area contributed by atoms with Crippen molar-refractivity contribution in [3.8, 4) is 0 Å². The van der Waals surface area contributed by atoms with Crippen LogP contribution >= 0.6 is 0 Å². The topological polar surface area (TPSA) is 0 Å². The van der Waals surface area contributed by atoms with Gasteiger partial charge in [-0.15, -0.1) is 0 Å². The Morgan fingerprint density at radius 2 is 0.667 bits per heavy atom. The highest BCUT2D eigenvalue weighted by Gasteiger charge is 2.81. The first-order valence-electron chi connectivity index (χ1n) is 18.1. The van der Waals surface area contributed by atoms with Crippen molar-refractivity contribution in [3.63, 3.8) is 0 Å². The van der Waals surface area contributed by atoms with Gasteiger partial charge in [-0.2, -0.15) is 0 Å². The minimum Gasteiger partial charge on any atom is -0.0842 e. The summed E-state index contributed by atoms with van der Waals surface area (Å²) in [5.74, 6) is 14.2. The van der Waals surface area contributed by atoms with Gasteiger partial charge in [-0.25, -0.2) is 0 Å². The fourth-order valence-corrected chi connectivity index (χ4v) is 19.1. The molecule has 16 aliphatic rings. The van der Waals surface area contributed by atoms with Crippen molar-refractivity contribution in [3.05, 3.63) is 104 Å². The van der Waals surface area contributed by atoms with Crippen LogP contribution in [0.25, 0.3) is 0 Å². The van der Waals surface area contributed by atoms with Gasteiger partial charge in [0.1, 0.15) is 0 Å². The highest BCUT2D eigenvalue weighted by atomic mass is 14.8. The standard InChI is InChI=1S/C42H36/c1-41-21-11-12-22-20-10-8-18-16-6-4-14-13-3-5-15-17-7-9-19(21)29-27(17)32-25(15)23(13)31-24(14)26(16)33-28(18)30(20)40(42(22,41)2)38-36(33)34(31)35(32)37(38)39(29)41/h3-10,13-30H,11-12H2,1-2H3. The van der Waals surface area contributed by atoms with Gasteiger partial charge < -0.3 is 0 Å². The van der Waals surface area contributed by atoms with Crippen molar-refractivity contribution >= 4 is 0 Å². The van der Waals surface area contributed by atoms with Gasteiger partial charge in [-0.3, -0.25) is 0 Å². The first kappa shape index (κ1) is 19.8. The molecule has 0 heteroatoms. The first-order valence-corrected chi connectivity index (χ1v) is 18.1. The van der Waals surface area contributed by atoms with E-state index in [4.69, 9.17) is 0 Å². The minimum atomic E-state index is 0.351. The predicted molar refractivity (Wildman–Crippen MR) is 160 cm³/mol. The molecule has 7 saturated carbocycles. The van der Waals surface area contributed by atoms with E-state index >= 15 is 0 Å². The van der Waals surface area contributed by atoms with Crippen LogP contribution in [-0.2, 0) is 0 Å². The summed E-state index contributed by atoms with van der Waals surface area (Å²) in [6.45, 7) is 5.77. The molecule has 0 heterocycles. The highest BCUT2D eigenvalue weighted by Crippen LogP contribution is 2.89. The van der Waals surface area contributed by atoms with Crippen LogP contribution in [-0.4, -0.2) is 0 Å². The van der Waals surface area contributed by atoms with E-state index in [-0.39, 0.29) is 0 Å². The van der Waals surface area contributed by atoms with Crippen LogP contribution in [0.15, 0.2) is 104 Å². The molecule has 7 fully saturated rings. The molecule has 0 N–H and O–H groups in total. The van der Waals surface area contributed by atoms with Gasteiger partial charge in [0.05, 0.1) is 0 Å². The lowest BCUT2D eigenvalue weighted by Gasteiger charge is -2.59. The SMILES string of the molecule is CC12C3=C4C5=C6C7C8C=CC9C%10C=CC%11C%12C=CC%13C%14C(=C4C4=C(C%11C%10C(=C54)C97)C%12%14)C1(C)C%13CCC2C1C=CC8C6C31. The normalized spacial score (nSPS) is 68.3. The van der Waals surface area contributed by atoms with Crippen LogP contribution in [0.1, 0.15) is 26.7 Å². The Morgan fingerprint density at radius 1 is 0.381 bits per heavy atom.